The van der Waals surface area contributed by atoms with Crippen LogP contribution in [-0.4, -0.2) is 57.1 Å². The predicted octanol–water partition coefficient (Wildman–Crippen LogP) is 1.95. The molecule has 0 spiro atoms. The van der Waals surface area contributed by atoms with Crippen LogP contribution in [-0.2, 0) is 9.53 Å². The van der Waals surface area contributed by atoms with Crippen LogP contribution < -0.4 is 16.0 Å². The van der Waals surface area contributed by atoms with E-state index >= 15 is 0 Å². The molecular formula is C17H37N3O3. The maximum atomic E-state index is 10.3. The Kier molecular flexibility index (Phi) is 18.8. The van der Waals surface area contributed by atoms with Crippen LogP contribution in [0, 0.1) is 0 Å². The number of hydrogen-bond acceptors (Lipinski definition) is 5. The van der Waals surface area contributed by atoms with Crippen molar-refractivity contribution in [2.75, 3.05) is 46.1 Å². The average Bonchev–Trinajstić information content (AvgIpc) is 2.53. The first-order chi connectivity index (χ1) is 11.3. The lowest BCUT2D eigenvalue weighted by Crippen LogP contribution is -2.24. The van der Waals surface area contributed by atoms with Crippen LogP contribution in [0.5, 0.6) is 0 Å². The molecule has 4 N–H and O–H groups in total. The van der Waals surface area contributed by atoms with Crippen molar-refractivity contribution in [1.82, 2.24) is 16.0 Å². The highest BCUT2D eigenvalue weighted by molar-refractivity contribution is 5.66. The second-order valence-electron chi connectivity index (χ2n) is 5.76. The van der Waals surface area contributed by atoms with Gasteiger partial charge in [0.1, 0.15) is 0 Å². The molecule has 6 nitrogen and oxygen atoms in total. The van der Waals surface area contributed by atoms with E-state index in [-0.39, 0.29) is 6.42 Å². The Bertz CT molecular complexity index is 253. The highest BCUT2D eigenvalue weighted by Crippen LogP contribution is 1.98. The van der Waals surface area contributed by atoms with Gasteiger partial charge in [-0.2, -0.15) is 0 Å². The first-order valence-corrected chi connectivity index (χ1v) is 9.19. The maximum Gasteiger partial charge on any atom is 0.303 e. The van der Waals surface area contributed by atoms with E-state index in [1.165, 1.54) is 25.7 Å². The zero-order chi connectivity index (χ0) is 17.0. The third kappa shape index (κ3) is 21.3. The molecule has 0 aliphatic carbocycles. The summed E-state index contributed by atoms with van der Waals surface area (Å²) in [4.78, 5) is 10.3. The summed E-state index contributed by atoms with van der Waals surface area (Å²) in [6.45, 7) is 8.59. The smallest absolute Gasteiger partial charge is 0.303 e. The predicted molar refractivity (Wildman–Crippen MR) is 94.8 cm³/mol. The largest absolute Gasteiger partial charge is 0.481 e. The Labute approximate surface area is 141 Å². The maximum absolute atomic E-state index is 10.3. The van der Waals surface area contributed by atoms with Crippen LogP contribution in [0.1, 0.15) is 58.3 Å². The van der Waals surface area contributed by atoms with Gasteiger partial charge in [0.15, 0.2) is 0 Å². The van der Waals surface area contributed by atoms with Gasteiger partial charge in [0.2, 0.25) is 0 Å². The number of ether oxygens (including phenoxy) is 1. The van der Waals surface area contributed by atoms with Gasteiger partial charge in [0, 0.05) is 13.0 Å². The van der Waals surface area contributed by atoms with Gasteiger partial charge in [-0.3, -0.25) is 10.1 Å². The van der Waals surface area contributed by atoms with Gasteiger partial charge in [0.05, 0.1) is 6.73 Å². The average molecular weight is 332 g/mol. The van der Waals surface area contributed by atoms with Gasteiger partial charge in [-0.15, -0.1) is 0 Å². The molecule has 0 radical (unpaired) electrons. The molecular weight excluding hydrogens is 294 g/mol. The fourth-order valence-electron chi connectivity index (χ4n) is 2.21. The number of unbranched alkanes of at least 4 members (excludes halogenated alkanes) is 4. The van der Waals surface area contributed by atoms with E-state index in [9.17, 15) is 4.79 Å². The lowest BCUT2D eigenvalue weighted by Gasteiger charge is -2.07. The van der Waals surface area contributed by atoms with Crippen molar-refractivity contribution < 1.29 is 14.6 Å². The summed E-state index contributed by atoms with van der Waals surface area (Å²) >= 11 is 0. The lowest BCUT2D eigenvalue weighted by molar-refractivity contribution is -0.137. The number of nitrogens with one attached hydrogen (secondary N) is 3. The molecule has 23 heavy (non-hydrogen) atoms. The number of carboxylic acid groups (broad SMARTS) is 1. The summed E-state index contributed by atoms with van der Waals surface area (Å²) in [6.07, 6.45) is 8.14. The number of rotatable bonds is 19. The summed E-state index contributed by atoms with van der Waals surface area (Å²) in [5.41, 5.74) is 0. The molecule has 0 unspecified atom stereocenters. The van der Waals surface area contributed by atoms with Crippen LogP contribution in [0.15, 0.2) is 0 Å². The molecule has 0 heterocycles. The molecule has 0 saturated heterocycles. The first kappa shape index (κ1) is 22.3. The van der Waals surface area contributed by atoms with E-state index in [0.717, 1.165) is 58.6 Å². The second kappa shape index (κ2) is 19.4. The van der Waals surface area contributed by atoms with Gasteiger partial charge in [-0.25, -0.2) is 0 Å². The summed E-state index contributed by atoms with van der Waals surface area (Å²) in [7, 11) is 0. The summed E-state index contributed by atoms with van der Waals surface area (Å²) < 4.78 is 5.20. The number of hydrogen-bond donors (Lipinski definition) is 4. The summed E-state index contributed by atoms with van der Waals surface area (Å²) in [5, 5.41) is 18.6. The standard InChI is InChI=1S/C17H37N3O3/c1-2-23-16-20-15-9-14-19-12-7-4-3-6-11-18-13-8-5-10-17(21)22/h18-20H,2-16H2,1H3,(H,21,22). The molecule has 0 bridgehead atoms. The normalized spacial score (nSPS) is 11.0. The quantitative estimate of drug-likeness (QED) is 0.214. The minimum Gasteiger partial charge on any atom is -0.481 e. The fourth-order valence-corrected chi connectivity index (χ4v) is 2.21. The molecule has 0 saturated carbocycles. The van der Waals surface area contributed by atoms with E-state index in [1.807, 2.05) is 6.92 Å². The topological polar surface area (TPSA) is 82.6 Å². The third-order valence-corrected chi connectivity index (χ3v) is 3.57. The molecule has 0 aromatic heterocycles. The van der Waals surface area contributed by atoms with E-state index in [1.54, 1.807) is 0 Å². The van der Waals surface area contributed by atoms with Gasteiger partial charge < -0.3 is 20.5 Å². The lowest BCUT2D eigenvalue weighted by atomic mass is 10.2. The molecule has 0 aliphatic rings. The van der Waals surface area contributed by atoms with Crippen molar-refractivity contribution in [2.45, 2.75) is 58.3 Å². The van der Waals surface area contributed by atoms with Crippen molar-refractivity contribution in [1.29, 1.82) is 0 Å². The van der Waals surface area contributed by atoms with Crippen molar-refractivity contribution >= 4 is 5.97 Å². The first-order valence-electron chi connectivity index (χ1n) is 9.19. The number of carbonyl (C=O) groups is 1. The van der Waals surface area contributed by atoms with Crippen molar-refractivity contribution in [3.63, 3.8) is 0 Å². The third-order valence-electron chi connectivity index (χ3n) is 3.57. The molecule has 0 fully saturated rings. The minimum absolute atomic E-state index is 0.289. The van der Waals surface area contributed by atoms with Gasteiger partial charge in [0.25, 0.3) is 0 Å². The van der Waals surface area contributed by atoms with Crippen LogP contribution in [0.4, 0.5) is 0 Å². The van der Waals surface area contributed by atoms with Crippen molar-refractivity contribution in [2.24, 2.45) is 0 Å². The van der Waals surface area contributed by atoms with E-state index in [4.69, 9.17) is 9.84 Å². The highest BCUT2D eigenvalue weighted by Gasteiger charge is 1.96. The second-order valence-corrected chi connectivity index (χ2v) is 5.76. The van der Waals surface area contributed by atoms with Crippen LogP contribution in [0.2, 0.25) is 0 Å². The molecule has 0 atom stereocenters. The molecule has 0 aromatic rings. The van der Waals surface area contributed by atoms with Crippen molar-refractivity contribution in [3.8, 4) is 0 Å². The SMILES string of the molecule is CCOCNCCCNCCCCCCNCCCCC(=O)O. The van der Waals surface area contributed by atoms with Gasteiger partial charge in [-0.1, -0.05) is 12.8 Å². The Morgan fingerprint density at radius 1 is 0.783 bits per heavy atom. The molecule has 0 amide bonds. The monoisotopic (exact) mass is 331 g/mol. The summed E-state index contributed by atoms with van der Waals surface area (Å²) in [6, 6.07) is 0. The Balaban J connectivity index is 2.96. The fraction of sp³-hybridized carbons (Fsp3) is 0.941. The Morgan fingerprint density at radius 3 is 1.87 bits per heavy atom. The van der Waals surface area contributed by atoms with E-state index < -0.39 is 5.97 Å². The van der Waals surface area contributed by atoms with Gasteiger partial charge in [-0.05, 0) is 71.8 Å². The van der Waals surface area contributed by atoms with Crippen molar-refractivity contribution in [3.05, 3.63) is 0 Å². The van der Waals surface area contributed by atoms with E-state index in [2.05, 4.69) is 16.0 Å². The van der Waals surface area contributed by atoms with Crippen LogP contribution in [0.3, 0.4) is 0 Å². The molecule has 6 heteroatoms. The highest BCUT2D eigenvalue weighted by atomic mass is 16.5. The van der Waals surface area contributed by atoms with Crippen LogP contribution >= 0.6 is 0 Å². The van der Waals surface area contributed by atoms with E-state index in [0.29, 0.717) is 6.73 Å². The molecule has 0 rings (SSSR count). The molecule has 138 valence electrons. The molecule has 0 aliphatic heterocycles. The minimum atomic E-state index is -0.694. The Morgan fingerprint density at radius 2 is 1.30 bits per heavy atom. The van der Waals surface area contributed by atoms with Gasteiger partial charge >= 0.3 is 5.97 Å². The molecule has 0 aromatic carbocycles. The number of aliphatic carboxylic acids is 1. The zero-order valence-electron chi connectivity index (χ0n) is 14.9. The zero-order valence-corrected chi connectivity index (χ0v) is 14.9. The Hall–Kier alpha value is -0.690. The number of carboxylic acids is 1. The van der Waals surface area contributed by atoms with Crippen LogP contribution in [0.25, 0.3) is 0 Å². The summed E-state index contributed by atoms with van der Waals surface area (Å²) in [5.74, 6) is -0.694.